The van der Waals surface area contributed by atoms with Crippen LogP contribution in [0.2, 0.25) is 0 Å². The first kappa shape index (κ1) is 13.5. The van der Waals surface area contributed by atoms with E-state index in [2.05, 4.69) is 0 Å². The van der Waals surface area contributed by atoms with Gasteiger partial charge in [-0.05, 0) is 29.7 Å². The van der Waals surface area contributed by atoms with Gasteiger partial charge in [-0.15, -0.1) is 11.3 Å². The Hall–Kier alpha value is -1.88. The first-order valence-corrected chi connectivity index (χ1v) is 6.65. The minimum atomic E-state index is -0.439. The van der Waals surface area contributed by atoms with Gasteiger partial charge in [0, 0.05) is 4.88 Å². The van der Waals surface area contributed by atoms with E-state index in [9.17, 15) is 9.18 Å². The van der Waals surface area contributed by atoms with Crippen molar-refractivity contribution in [1.29, 1.82) is 0 Å². The lowest BCUT2D eigenvalue weighted by Gasteiger charge is -2.02. The molecule has 5 heteroatoms. The highest BCUT2D eigenvalue weighted by molar-refractivity contribution is 7.18. The number of halogens is 1. The van der Waals surface area contributed by atoms with Gasteiger partial charge in [0.25, 0.3) is 0 Å². The van der Waals surface area contributed by atoms with Crippen LogP contribution >= 0.6 is 11.3 Å². The number of benzene rings is 1. The van der Waals surface area contributed by atoms with Crippen LogP contribution in [0.15, 0.2) is 24.3 Å². The smallest absolute Gasteiger partial charge is 0.350 e. The van der Waals surface area contributed by atoms with Crippen LogP contribution in [0.3, 0.4) is 0 Å². The Morgan fingerprint density at radius 3 is 2.53 bits per heavy atom. The molecule has 1 heterocycles. The average Bonchev–Trinajstić information content (AvgIpc) is 2.75. The molecule has 0 radical (unpaired) electrons. The summed E-state index contributed by atoms with van der Waals surface area (Å²) in [6.07, 6.45) is 0.700. The Bertz CT molecular complexity index is 605. The fourth-order valence-electron chi connectivity index (χ4n) is 1.91. The quantitative estimate of drug-likeness (QED) is 0.875. The molecular weight excluding hydrogens is 265 g/mol. The van der Waals surface area contributed by atoms with E-state index in [0.29, 0.717) is 17.0 Å². The number of methoxy groups -OCH3 is 1. The molecule has 2 aromatic rings. The van der Waals surface area contributed by atoms with E-state index in [1.165, 1.54) is 30.6 Å². The number of esters is 1. The first-order chi connectivity index (χ1) is 9.08. The van der Waals surface area contributed by atoms with E-state index < -0.39 is 5.97 Å². The molecule has 100 valence electrons. The van der Waals surface area contributed by atoms with Crippen molar-refractivity contribution in [3.8, 4) is 10.4 Å². The third-order valence-electron chi connectivity index (χ3n) is 2.88. The monoisotopic (exact) mass is 279 g/mol. The van der Waals surface area contributed by atoms with Crippen molar-refractivity contribution < 1.29 is 13.9 Å². The van der Waals surface area contributed by atoms with E-state index in [1.807, 2.05) is 6.92 Å². The molecule has 1 aromatic carbocycles. The van der Waals surface area contributed by atoms with Crippen molar-refractivity contribution in [2.24, 2.45) is 0 Å². The zero-order valence-electron chi connectivity index (χ0n) is 10.7. The number of hydrogen-bond acceptors (Lipinski definition) is 4. The van der Waals surface area contributed by atoms with Gasteiger partial charge in [-0.1, -0.05) is 19.1 Å². The summed E-state index contributed by atoms with van der Waals surface area (Å²) in [4.78, 5) is 12.9. The minimum Gasteiger partial charge on any atom is -0.465 e. The summed E-state index contributed by atoms with van der Waals surface area (Å²) in [6.45, 7) is 1.96. The SMILES string of the molecule is CCc1c(-c2ccc(F)cc2)sc(C(=O)OC)c1N. The zero-order chi connectivity index (χ0) is 14.0. The summed E-state index contributed by atoms with van der Waals surface area (Å²) in [7, 11) is 1.32. The molecule has 0 aliphatic carbocycles. The Kier molecular flexibility index (Phi) is 3.85. The lowest BCUT2D eigenvalue weighted by Crippen LogP contribution is -2.02. The lowest BCUT2D eigenvalue weighted by atomic mass is 10.1. The van der Waals surface area contributed by atoms with Gasteiger partial charge in [0.2, 0.25) is 0 Å². The third kappa shape index (κ3) is 2.46. The van der Waals surface area contributed by atoms with Crippen LogP contribution in [0.1, 0.15) is 22.2 Å². The predicted octanol–water partition coefficient (Wildman–Crippen LogP) is 3.49. The minimum absolute atomic E-state index is 0.292. The number of anilines is 1. The number of nitrogen functional groups attached to an aromatic ring is 1. The summed E-state index contributed by atoms with van der Waals surface area (Å²) in [5, 5.41) is 0. The predicted molar refractivity (Wildman–Crippen MR) is 74.8 cm³/mol. The van der Waals surface area contributed by atoms with Crippen LogP contribution in [-0.4, -0.2) is 13.1 Å². The summed E-state index contributed by atoms with van der Waals surface area (Å²) in [5.41, 5.74) is 8.20. The van der Waals surface area contributed by atoms with Gasteiger partial charge >= 0.3 is 5.97 Å². The Morgan fingerprint density at radius 1 is 1.37 bits per heavy atom. The molecule has 0 saturated heterocycles. The molecule has 0 spiro atoms. The number of carbonyl (C=O) groups excluding carboxylic acids is 1. The summed E-state index contributed by atoms with van der Waals surface area (Å²) in [6, 6.07) is 6.15. The molecule has 0 bridgehead atoms. The first-order valence-electron chi connectivity index (χ1n) is 5.83. The van der Waals surface area contributed by atoms with Crippen LogP contribution in [-0.2, 0) is 11.2 Å². The highest BCUT2D eigenvalue weighted by Gasteiger charge is 2.21. The maximum atomic E-state index is 13.0. The van der Waals surface area contributed by atoms with Gasteiger partial charge in [-0.2, -0.15) is 0 Å². The van der Waals surface area contributed by atoms with E-state index in [4.69, 9.17) is 10.5 Å². The number of carbonyl (C=O) groups is 1. The molecule has 0 unspecified atom stereocenters. The molecule has 2 N–H and O–H groups in total. The van der Waals surface area contributed by atoms with Gasteiger partial charge in [0.15, 0.2) is 0 Å². The number of hydrogen-bond donors (Lipinski definition) is 1. The van der Waals surface area contributed by atoms with Crippen LogP contribution in [0.5, 0.6) is 0 Å². The zero-order valence-corrected chi connectivity index (χ0v) is 11.5. The normalized spacial score (nSPS) is 10.5. The molecule has 0 saturated carbocycles. The second kappa shape index (κ2) is 5.40. The van der Waals surface area contributed by atoms with Crippen LogP contribution < -0.4 is 5.73 Å². The van der Waals surface area contributed by atoms with Gasteiger partial charge in [-0.3, -0.25) is 0 Å². The van der Waals surface area contributed by atoms with Crippen LogP contribution in [0.4, 0.5) is 10.1 Å². The van der Waals surface area contributed by atoms with Crippen LogP contribution in [0.25, 0.3) is 10.4 Å². The molecular formula is C14H14FNO2S. The van der Waals surface area contributed by atoms with E-state index >= 15 is 0 Å². The topological polar surface area (TPSA) is 52.3 Å². The highest BCUT2D eigenvalue weighted by Crippen LogP contribution is 2.39. The van der Waals surface area contributed by atoms with Crippen molar-refractivity contribution in [2.75, 3.05) is 12.8 Å². The molecule has 19 heavy (non-hydrogen) atoms. The van der Waals surface area contributed by atoms with Gasteiger partial charge in [0.05, 0.1) is 12.8 Å². The van der Waals surface area contributed by atoms with E-state index in [0.717, 1.165) is 16.0 Å². The molecule has 1 aromatic heterocycles. The van der Waals surface area contributed by atoms with Crippen molar-refractivity contribution in [2.45, 2.75) is 13.3 Å². The fraction of sp³-hybridized carbons (Fsp3) is 0.214. The third-order valence-corrected chi connectivity index (χ3v) is 4.16. The van der Waals surface area contributed by atoms with Crippen molar-refractivity contribution in [3.05, 3.63) is 40.5 Å². The second-order valence-corrected chi connectivity index (χ2v) is 5.03. The molecule has 0 aliphatic heterocycles. The number of nitrogens with two attached hydrogens (primary N) is 1. The van der Waals surface area contributed by atoms with Gasteiger partial charge < -0.3 is 10.5 Å². The lowest BCUT2D eigenvalue weighted by molar-refractivity contribution is 0.0607. The second-order valence-electron chi connectivity index (χ2n) is 4.00. The molecule has 2 rings (SSSR count). The molecule has 3 nitrogen and oxygen atoms in total. The van der Waals surface area contributed by atoms with Crippen LogP contribution in [0, 0.1) is 5.82 Å². The Labute approximate surface area is 114 Å². The van der Waals surface area contributed by atoms with Crippen molar-refractivity contribution >= 4 is 23.0 Å². The number of rotatable bonds is 3. The van der Waals surface area contributed by atoms with Gasteiger partial charge in [-0.25, -0.2) is 9.18 Å². The maximum Gasteiger partial charge on any atom is 0.350 e. The summed E-state index contributed by atoms with van der Waals surface area (Å²) < 4.78 is 17.7. The highest BCUT2D eigenvalue weighted by atomic mass is 32.1. The van der Waals surface area contributed by atoms with E-state index in [-0.39, 0.29) is 5.82 Å². The summed E-state index contributed by atoms with van der Waals surface area (Å²) >= 11 is 1.28. The Morgan fingerprint density at radius 2 is 2.00 bits per heavy atom. The molecule has 0 atom stereocenters. The maximum absolute atomic E-state index is 13.0. The number of thiophene rings is 1. The van der Waals surface area contributed by atoms with Crippen molar-refractivity contribution in [3.63, 3.8) is 0 Å². The summed E-state index contributed by atoms with van der Waals surface area (Å²) in [5.74, 6) is -0.731. The molecule has 0 amide bonds. The Balaban J connectivity index is 2.57. The van der Waals surface area contributed by atoms with E-state index in [1.54, 1.807) is 12.1 Å². The average molecular weight is 279 g/mol. The molecule has 0 aliphatic rings. The molecule has 0 fully saturated rings. The standard InChI is InChI=1S/C14H14FNO2S/c1-3-10-11(16)13(14(17)18-2)19-12(10)8-4-6-9(15)7-5-8/h4-7H,3,16H2,1-2H3. The fourth-order valence-corrected chi connectivity index (χ4v) is 3.14. The van der Waals surface area contributed by atoms with Gasteiger partial charge in [0.1, 0.15) is 10.7 Å². The number of ether oxygens (including phenoxy) is 1. The largest absolute Gasteiger partial charge is 0.465 e. The van der Waals surface area contributed by atoms with Crippen molar-refractivity contribution in [1.82, 2.24) is 0 Å².